The SMILES string of the molecule is CCC(C)(C)c1ccc(CC(C)CN2CCOCC2C)cc1. The van der Waals surface area contributed by atoms with Crippen molar-refractivity contribution in [2.75, 3.05) is 26.3 Å². The lowest BCUT2D eigenvalue weighted by Crippen LogP contribution is -2.45. The summed E-state index contributed by atoms with van der Waals surface area (Å²) >= 11 is 0. The van der Waals surface area contributed by atoms with Gasteiger partial charge in [0.25, 0.3) is 0 Å². The molecule has 1 aromatic carbocycles. The van der Waals surface area contributed by atoms with Crippen molar-refractivity contribution < 1.29 is 4.74 Å². The lowest BCUT2D eigenvalue weighted by atomic mass is 9.82. The number of hydrogen-bond donors (Lipinski definition) is 0. The molecule has 2 nitrogen and oxygen atoms in total. The molecular weight excluding hydrogens is 270 g/mol. The Kier molecular flexibility index (Phi) is 6.05. The average molecular weight is 303 g/mol. The Morgan fingerprint density at radius 3 is 2.55 bits per heavy atom. The third-order valence-electron chi connectivity index (χ3n) is 5.25. The topological polar surface area (TPSA) is 12.5 Å². The Labute approximate surface area is 136 Å². The maximum atomic E-state index is 5.53. The lowest BCUT2D eigenvalue weighted by Gasteiger charge is -2.35. The molecule has 0 amide bonds. The van der Waals surface area contributed by atoms with E-state index < -0.39 is 0 Å². The van der Waals surface area contributed by atoms with E-state index in [2.05, 4.69) is 63.8 Å². The van der Waals surface area contributed by atoms with Crippen LogP contribution >= 0.6 is 0 Å². The summed E-state index contributed by atoms with van der Waals surface area (Å²) in [7, 11) is 0. The van der Waals surface area contributed by atoms with E-state index in [9.17, 15) is 0 Å². The zero-order chi connectivity index (χ0) is 16.2. The molecule has 1 aromatic rings. The normalized spacial score (nSPS) is 21.8. The summed E-state index contributed by atoms with van der Waals surface area (Å²) in [5.41, 5.74) is 3.20. The van der Waals surface area contributed by atoms with Crippen LogP contribution in [0.3, 0.4) is 0 Å². The highest BCUT2D eigenvalue weighted by Gasteiger charge is 2.21. The van der Waals surface area contributed by atoms with Crippen LogP contribution in [0.4, 0.5) is 0 Å². The molecule has 0 radical (unpaired) electrons. The van der Waals surface area contributed by atoms with Gasteiger partial charge in [-0.3, -0.25) is 4.90 Å². The van der Waals surface area contributed by atoms with E-state index in [-0.39, 0.29) is 5.41 Å². The molecule has 2 rings (SSSR count). The van der Waals surface area contributed by atoms with E-state index in [4.69, 9.17) is 4.74 Å². The molecule has 2 heteroatoms. The molecule has 124 valence electrons. The highest BCUT2D eigenvalue weighted by atomic mass is 16.5. The van der Waals surface area contributed by atoms with Gasteiger partial charge in [-0.05, 0) is 42.2 Å². The van der Waals surface area contributed by atoms with E-state index >= 15 is 0 Å². The fraction of sp³-hybridized carbons (Fsp3) is 0.700. The summed E-state index contributed by atoms with van der Waals surface area (Å²) in [5.74, 6) is 0.686. The molecule has 1 aliphatic rings. The van der Waals surface area contributed by atoms with E-state index in [0.717, 1.165) is 26.2 Å². The highest BCUT2D eigenvalue weighted by Crippen LogP contribution is 2.27. The molecule has 1 saturated heterocycles. The van der Waals surface area contributed by atoms with E-state index in [0.29, 0.717) is 12.0 Å². The standard InChI is InChI=1S/C20H33NO/c1-6-20(4,5)19-9-7-18(8-10-19)13-16(2)14-21-11-12-22-15-17(21)3/h7-10,16-17H,6,11-15H2,1-5H3. The summed E-state index contributed by atoms with van der Waals surface area (Å²) in [5, 5.41) is 0. The second-order valence-electron chi connectivity index (χ2n) is 7.66. The van der Waals surface area contributed by atoms with Crippen molar-refractivity contribution in [3.63, 3.8) is 0 Å². The van der Waals surface area contributed by atoms with E-state index in [1.807, 2.05) is 0 Å². The number of rotatable bonds is 6. The highest BCUT2D eigenvalue weighted by molar-refractivity contribution is 5.28. The van der Waals surface area contributed by atoms with Gasteiger partial charge in [-0.15, -0.1) is 0 Å². The molecule has 0 aliphatic carbocycles. The first-order valence-corrected chi connectivity index (χ1v) is 8.83. The quantitative estimate of drug-likeness (QED) is 0.778. The molecular formula is C20H33NO. The van der Waals surface area contributed by atoms with Gasteiger partial charge in [0.15, 0.2) is 0 Å². The minimum Gasteiger partial charge on any atom is -0.379 e. The summed E-state index contributed by atoms with van der Waals surface area (Å²) in [4.78, 5) is 2.57. The fourth-order valence-electron chi connectivity index (χ4n) is 3.20. The van der Waals surface area contributed by atoms with Gasteiger partial charge in [0.2, 0.25) is 0 Å². The van der Waals surface area contributed by atoms with Crippen LogP contribution in [0.2, 0.25) is 0 Å². The van der Waals surface area contributed by atoms with Gasteiger partial charge in [0.05, 0.1) is 13.2 Å². The molecule has 0 saturated carbocycles. The van der Waals surface area contributed by atoms with E-state index in [1.54, 1.807) is 0 Å². The molecule has 0 N–H and O–H groups in total. The summed E-state index contributed by atoms with van der Waals surface area (Å²) < 4.78 is 5.53. The summed E-state index contributed by atoms with van der Waals surface area (Å²) in [6.45, 7) is 15.6. The first kappa shape index (κ1) is 17.5. The van der Waals surface area contributed by atoms with Crippen molar-refractivity contribution in [2.45, 2.75) is 58.9 Å². The lowest BCUT2D eigenvalue weighted by molar-refractivity contribution is -0.00614. The van der Waals surface area contributed by atoms with Crippen LogP contribution in [0, 0.1) is 5.92 Å². The Hall–Kier alpha value is -0.860. The fourth-order valence-corrected chi connectivity index (χ4v) is 3.20. The predicted octanol–water partition coefficient (Wildman–Crippen LogP) is 4.27. The van der Waals surface area contributed by atoms with Gasteiger partial charge in [0, 0.05) is 19.1 Å². The minimum atomic E-state index is 0.285. The van der Waals surface area contributed by atoms with Crippen molar-refractivity contribution in [1.82, 2.24) is 4.90 Å². The number of benzene rings is 1. The maximum Gasteiger partial charge on any atom is 0.0619 e. The van der Waals surface area contributed by atoms with Crippen molar-refractivity contribution in [3.8, 4) is 0 Å². The van der Waals surface area contributed by atoms with Crippen molar-refractivity contribution >= 4 is 0 Å². The second-order valence-corrected chi connectivity index (χ2v) is 7.66. The molecule has 22 heavy (non-hydrogen) atoms. The van der Waals surface area contributed by atoms with Gasteiger partial charge in [-0.1, -0.05) is 52.0 Å². The first-order valence-electron chi connectivity index (χ1n) is 8.83. The van der Waals surface area contributed by atoms with Gasteiger partial charge in [0.1, 0.15) is 0 Å². The van der Waals surface area contributed by atoms with Crippen LogP contribution in [0.25, 0.3) is 0 Å². The smallest absolute Gasteiger partial charge is 0.0619 e. The molecule has 1 aliphatic heterocycles. The Morgan fingerprint density at radius 2 is 1.95 bits per heavy atom. The zero-order valence-electron chi connectivity index (χ0n) is 15.1. The third kappa shape index (κ3) is 4.57. The molecule has 0 bridgehead atoms. The van der Waals surface area contributed by atoms with Gasteiger partial charge in [-0.25, -0.2) is 0 Å². The first-order chi connectivity index (χ1) is 10.4. The molecule has 1 heterocycles. The summed E-state index contributed by atoms with van der Waals surface area (Å²) in [6.07, 6.45) is 2.34. The second kappa shape index (κ2) is 7.61. The number of ether oxygens (including phenoxy) is 1. The van der Waals surface area contributed by atoms with Gasteiger partial charge < -0.3 is 4.74 Å². The Morgan fingerprint density at radius 1 is 1.27 bits per heavy atom. The molecule has 2 atom stereocenters. The van der Waals surface area contributed by atoms with Crippen LogP contribution in [-0.2, 0) is 16.6 Å². The van der Waals surface area contributed by atoms with Gasteiger partial charge >= 0.3 is 0 Å². The number of nitrogens with zero attached hydrogens (tertiary/aromatic N) is 1. The van der Waals surface area contributed by atoms with Crippen LogP contribution < -0.4 is 0 Å². The minimum absolute atomic E-state index is 0.285. The monoisotopic (exact) mass is 303 g/mol. The average Bonchev–Trinajstić information content (AvgIpc) is 2.50. The number of hydrogen-bond acceptors (Lipinski definition) is 2. The van der Waals surface area contributed by atoms with Crippen molar-refractivity contribution in [3.05, 3.63) is 35.4 Å². The van der Waals surface area contributed by atoms with Crippen LogP contribution in [0.15, 0.2) is 24.3 Å². The molecule has 0 aromatic heterocycles. The van der Waals surface area contributed by atoms with Crippen molar-refractivity contribution in [2.24, 2.45) is 5.92 Å². The van der Waals surface area contributed by atoms with Gasteiger partial charge in [-0.2, -0.15) is 0 Å². The molecule has 0 spiro atoms. The Balaban J connectivity index is 1.90. The predicted molar refractivity (Wildman–Crippen MR) is 94.5 cm³/mol. The van der Waals surface area contributed by atoms with Crippen LogP contribution in [-0.4, -0.2) is 37.2 Å². The maximum absolute atomic E-state index is 5.53. The summed E-state index contributed by atoms with van der Waals surface area (Å²) in [6, 6.07) is 9.85. The Bertz CT molecular complexity index is 451. The third-order valence-corrected chi connectivity index (χ3v) is 5.25. The van der Waals surface area contributed by atoms with E-state index in [1.165, 1.54) is 24.1 Å². The number of morpholine rings is 1. The molecule has 2 unspecified atom stereocenters. The largest absolute Gasteiger partial charge is 0.379 e. The van der Waals surface area contributed by atoms with Crippen LogP contribution in [0.5, 0.6) is 0 Å². The zero-order valence-corrected chi connectivity index (χ0v) is 15.1. The van der Waals surface area contributed by atoms with Crippen molar-refractivity contribution in [1.29, 1.82) is 0 Å². The van der Waals surface area contributed by atoms with Crippen LogP contribution in [0.1, 0.15) is 52.2 Å². The molecule has 1 fully saturated rings.